The molecule has 0 atom stereocenters. The van der Waals surface area contributed by atoms with Gasteiger partial charge in [0.1, 0.15) is 0 Å². The van der Waals surface area contributed by atoms with Crippen molar-refractivity contribution in [2.24, 2.45) is 12.9 Å². The Morgan fingerprint density at radius 2 is 2.05 bits per heavy atom. The molecule has 8 heteroatoms. The summed E-state index contributed by atoms with van der Waals surface area (Å²) in [6.07, 6.45) is 3.05. The number of nitrogens with two attached hydrogens (primary N) is 1. The number of aromatic nitrogens is 2. The van der Waals surface area contributed by atoms with Crippen LogP contribution in [0.3, 0.4) is 0 Å². The molecule has 2 aromatic rings. The van der Waals surface area contributed by atoms with Gasteiger partial charge in [-0.2, -0.15) is 0 Å². The molecule has 2 heterocycles. The SMILES string of the molecule is Cn1ccn(Cc2ccc(C(=O)NN)s2)c(=O)c1=O. The van der Waals surface area contributed by atoms with Crippen LogP contribution in [0.2, 0.25) is 0 Å². The van der Waals surface area contributed by atoms with Gasteiger partial charge in [-0.25, -0.2) is 5.84 Å². The number of hydrogen-bond acceptors (Lipinski definition) is 5. The Morgan fingerprint density at radius 1 is 1.32 bits per heavy atom. The van der Waals surface area contributed by atoms with E-state index >= 15 is 0 Å². The lowest BCUT2D eigenvalue weighted by Crippen LogP contribution is -2.39. The van der Waals surface area contributed by atoms with Gasteiger partial charge in [-0.1, -0.05) is 0 Å². The Kier molecular flexibility index (Phi) is 3.63. The Balaban J connectivity index is 2.30. The number of carbonyl (C=O) groups is 1. The van der Waals surface area contributed by atoms with Crippen LogP contribution in [0.4, 0.5) is 0 Å². The van der Waals surface area contributed by atoms with Gasteiger partial charge >= 0.3 is 11.1 Å². The van der Waals surface area contributed by atoms with Gasteiger partial charge in [-0.15, -0.1) is 11.3 Å². The quantitative estimate of drug-likeness (QED) is 0.335. The average molecular weight is 280 g/mol. The first-order chi connectivity index (χ1) is 9.02. The molecule has 2 rings (SSSR count). The minimum atomic E-state index is -0.594. The van der Waals surface area contributed by atoms with Gasteiger partial charge in [0.2, 0.25) is 0 Å². The third kappa shape index (κ3) is 2.64. The summed E-state index contributed by atoms with van der Waals surface area (Å²) in [6, 6.07) is 3.34. The highest BCUT2D eigenvalue weighted by Crippen LogP contribution is 2.16. The Labute approximate surface area is 111 Å². The molecule has 0 aliphatic heterocycles. The number of hydrazine groups is 1. The molecule has 3 N–H and O–H groups in total. The lowest BCUT2D eigenvalue weighted by atomic mass is 10.4. The maximum Gasteiger partial charge on any atom is 0.316 e. The van der Waals surface area contributed by atoms with Gasteiger partial charge in [0.25, 0.3) is 5.91 Å². The van der Waals surface area contributed by atoms with Crippen LogP contribution in [-0.2, 0) is 13.6 Å². The molecule has 0 fully saturated rings. The van der Waals surface area contributed by atoms with E-state index in [4.69, 9.17) is 5.84 Å². The summed E-state index contributed by atoms with van der Waals surface area (Å²) in [5.74, 6) is 4.65. The first-order valence-electron chi connectivity index (χ1n) is 5.38. The van der Waals surface area contributed by atoms with Crippen LogP contribution in [0, 0.1) is 0 Å². The highest BCUT2D eigenvalue weighted by Gasteiger charge is 2.09. The van der Waals surface area contributed by atoms with Crippen LogP contribution in [-0.4, -0.2) is 15.0 Å². The molecule has 7 nitrogen and oxygen atoms in total. The van der Waals surface area contributed by atoms with E-state index < -0.39 is 11.1 Å². The largest absolute Gasteiger partial charge is 0.316 e. The topological polar surface area (TPSA) is 99.1 Å². The molecule has 0 spiro atoms. The van der Waals surface area contributed by atoms with Gasteiger partial charge in [-0.05, 0) is 12.1 Å². The van der Waals surface area contributed by atoms with E-state index in [1.165, 1.54) is 39.9 Å². The van der Waals surface area contributed by atoms with Crippen LogP contribution in [0.25, 0.3) is 0 Å². The highest BCUT2D eigenvalue weighted by atomic mass is 32.1. The van der Waals surface area contributed by atoms with Crippen molar-refractivity contribution in [3.63, 3.8) is 0 Å². The van der Waals surface area contributed by atoms with Crippen molar-refractivity contribution in [1.82, 2.24) is 14.6 Å². The lowest BCUT2D eigenvalue weighted by Gasteiger charge is -2.04. The van der Waals surface area contributed by atoms with Crippen molar-refractivity contribution in [1.29, 1.82) is 0 Å². The van der Waals surface area contributed by atoms with E-state index in [1.807, 2.05) is 5.43 Å². The summed E-state index contributed by atoms with van der Waals surface area (Å²) in [4.78, 5) is 35.8. The lowest BCUT2D eigenvalue weighted by molar-refractivity contribution is 0.0957. The van der Waals surface area contributed by atoms with Gasteiger partial charge in [0, 0.05) is 24.3 Å². The fourth-order valence-corrected chi connectivity index (χ4v) is 2.45. The number of nitrogens with zero attached hydrogens (tertiary/aromatic N) is 2. The first-order valence-corrected chi connectivity index (χ1v) is 6.20. The number of amides is 1. The Hall–Kier alpha value is -2.19. The minimum absolute atomic E-state index is 0.247. The van der Waals surface area contributed by atoms with Crippen LogP contribution < -0.4 is 22.4 Å². The minimum Gasteiger partial charge on any atom is -0.312 e. The average Bonchev–Trinajstić information content (AvgIpc) is 2.87. The van der Waals surface area contributed by atoms with E-state index in [-0.39, 0.29) is 12.5 Å². The molecule has 0 aliphatic rings. The van der Waals surface area contributed by atoms with E-state index in [0.717, 1.165) is 4.88 Å². The van der Waals surface area contributed by atoms with Crippen LogP contribution >= 0.6 is 11.3 Å². The van der Waals surface area contributed by atoms with E-state index in [2.05, 4.69) is 0 Å². The third-order valence-corrected chi connectivity index (χ3v) is 3.65. The number of hydrogen-bond donors (Lipinski definition) is 2. The van der Waals surface area contributed by atoms with Gasteiger partial charge in [0.15, 0.2) is 0 Å². The zero-order valence-corrected chi connectivity index (χ0v) is 10.9. The third-order valence-electron chi connectivity index (χ3n) is 2.58. The highest BCUT2D eigenvalue weighted by molar-refractivity contribution is 7.14. The summed E-state index contributed by atoms with van der Waals surface area (Å²) in [7, 11) is 1.52. The molecule has 100 valence electrons. The van der Waals surface area contributed by atoms with Crippen LogP contribution in [0.15, 0.2) is 34.1 Å². The predicted molar refractivity (Wildman–Crippen MR) is 71.0 cm³/mol. The fraction of sp³-hybridized carbons (Fsp3) is 0.182. The van der Waals surface area contributed by atoms with Crippen molar-refractivity contribution in [2.45, 2.75) is 6.54 Å². The Morgan fingerprint density at radius 3 is 2.74 bits per heavy atom. The normalized spacial score (nSPS) is 10.4. The molecule has 0 aromatic carbocycles. The summed E-state index contributed by atoms with van der Waals surface area (Å²) in [6.45, 7) is 0.247. The number of aryl methyl sites for hydroxylation is 1. The van der Waals surface area contributed by atoms with E-state index in [1.54, 1.807) is 12.1 Å². The molecule has 2 aromatic heterocycles. The summed E-state index contributed by atoms with van der Waals surface area (Å²) in [5, 5.41) is 0. The standard InChI is InChI=1S/C11H12N4O3S/c1-14-4-5-15(11(18)10(14)17)6-7-2-3-8(19-7)9(16)13-12/h2-5H,6,12H2,1H3,(H,13,16). The molecule has 0 aliphatic carbocycles. The second-order valence-electron chi connectivity index (χ2n) is 3.89. The number of nitrogens with one attached hydrogen (secondary N) is 1. The zero-order chi connectivity index (χ0) is 14.0. The molecular formula is C11H12N4O3S. The maximum absolute atomic E-state index is 11.7. The maximum atomic E-state index is 11.7. The van der Waals surface area contributed by atoms with Crippen LogP contribution in [0.5, 0.6) is 0 Å². The second-order valence-corrected chi connectivity index (χ2v) is 5.06. The van der Waals surface area contributed by atoms with Gasteiger partial charge < -0.3 is 9.13 Å². The summed E-state index contributed by atoms with van der Waals surface area (Å²) in [5.41, 5.74) is 0.858. The number of carbonyl (C=O) groups excluding carboxylic acids is 1. The van der Waals surface area contributed by atoms with Crippen LogP contribution in [0.1, 0.15) is 14.5 Å². The molecule has 19 heavy (non-hydrogen) atoms. The van der Waals surface area contributed by atoms with Crippen molar-refractivity contribution in [3.8, 4) is 0 Å². The number of rotatable bonds is 3. The van der Waals surface area contributed by atoms with Crippen molar-refractivity contribution >= 4 is 17.2 Å². The van der Waals surface area contributed by atoms with E-state index in [9.17, 15) is 14.4 Å². The molecule has 1 amide bonds. The summed E-state index contributed by atoms with van der Waals surface area (Å²) < 4.78 is 2.53. The van der Waals surface area contributed by atoms with Gasteiger partial charge in [0.05, 0.1) is 11.4 Å². The molecule has 0 unspecified atom stereocenters. The van der Waals surface area contributed by atoms with E-state index in [0.29, 0.717) is 4.88 Å². The molecule has 0 saturated carbocycles. The summed E-state index contributed by atoms with van der Waals surface area (Å²) >= 11 is 1.22. The van der Waals surface area contributed by atoms with Gasteiger partial charge in [-0.3, -0.25) is 19.8 Å². The molecule has 0 saturated heterocycles. The smallest absolute Gasteiger partial charge is 0.312 e. The van der Waals surface area contributed by atoms with Crippen molar-refractivity contribution in [2.75, 3.05) is 0 Å². The Bertz CT molecular complexity index is 728. The molecule has 0 bridgehead atoms. The number of thiophene rings is 1. The first kappa shape index (κ1) is 13.2. The van der Waals surface area contributed by atoms with Crippen molar-refractivity contribution < 1.29 is 4.79 Å². The zero-order valence-electron chi connectivity index (χ0n) is 10.1. The molecule has 0 radical (unpaired) electrons. The monoisotopic (exact) mass is 280 g/mol. The predicted octanol–water partition coefficient (Wildman–Crippen LogP) is -0.740. The second kappa shape index (κ2) is 5.21. The fourth-order valence-electron chi connectivity index (χ4n) is 1.54. The number of nitrogen functional groups attached to an aromatic ring is 1. The molecular weight excluding hydrogens is 268 g/mol. The van der Waals surface area contributed by atoms with Crippen molar-refractivity contribution in [3.05, 3.63) is 55.0 Å².